The number of pyridine rings is 1. The van der Waals surface area contributed by atoms with Crippen LogP contribution in [-0.4, -0.2) is 22.6 Å². The van der Waals surface area contributed by atoms with E-state index in [9.17, 15) is 4.79 Å². The van der Waals surface area contributed by atoms with E-state index in [0.717, 1.165) is 28.9 Å². The van der Waals surface area contributed by atoms with Crippen LogP contribution in [0.1, 0.15) is 34.6 Å². The maximum absolute atomic E-state index is 11.6. The van der Waals surface area contributed by atoms with Crippen molar-refractivity contribution in [1.29, 1.82) is 0 Å². The van der Waals surface area contributed by atoms with E-state index in [1.165, 1.54) is 25.6 Å². The van der Waals surface area contributed by atoms with E-state index in [1.54, 1.807) is 6.07 Å². The lowest BCUT2D eigenvalue weighted by atomic mass is 10.1. The molecule has 0 N–H and O–H groups in total. The van der Waals surface area contributed by atoms with E-state index in [1.807, 2.05) is 0 Å². The molecule has 2 heterocycles. The van der Waals surface area contributed by atoms with Gasteiger partial charge in [0.1, 0.15) is 0 Å². The number of aromatic nitrogens is 2. The smallest absolute Gasteiger partial charge is 0.356 e. The highest BCUT2D eigenvalue weighted by atomic mass is 35.5. The van der Waals surface area contributed by atoms with Gasteiger partial charge in [0.25, 0.3) is 0 Å². The highest BCUT2D eigenvalue weighted by molar-refractivity contribution is 6.34. The zero-order chi connectivity index (χ0) is 14.4. The van der Waals surface area contributed by atoms with Crippen molar-refractivity contribution in [3.05, 3.63) is 28.2 Å². The Kier molecular flexibility index (Phi) is 3.21. The van der Waals surface area contributed by atoms with Crippen molar-refractivity contribution < 1.29 is 9.53 Å². The van der Waals surface area contributed by atoms with E-state index in [4.69, 9.17) is 16.3 Å². The molecule has 0 aromatic carbocycles. The SMILES string of the molecule is COC(=O)c1cc2c(C)c(C)n(CC3CC3)c2c(Cl)n1. The topological polar surface area (TPSA) is 44.1 Å². The van der Waals surface area contributed by atoms with Gasteiger partial charge in [-0.1, -0.05) is 11.6 Å². The number of nitrogens with zero attached hydrogens (tertiary/aromatic N) is 2. The average Bonchev–Trinajstić information content (AvgIpc) is 3.22. The Morgan fingerprint density at radius 3 is 2.80 bits per heavy atom. The molecule has 106 valence electrons. The molecule has 0 aliphatic heterocycles. The van der Waals surface area contributed by atoms with Crippen LogP contribution in [0.3, 0.4) is 0 Å². The lowest BCUT2D eigenvalue weighted by molar-refractivity contribution is 0.0594. The number of carbonyl (C=O) groups excluding carboxylic acids is 1. The van der Waals surface area contributed by atoms with Gasteiger partial charge in [0, 0.05) is 17.6 Å². The predicted octanol–water partition coefficient (Wildman–Crippen LogP) is 3.50. The molecule has 0 atom stereocenters. The van der Waals surface area contributed by atoms with Crippen LogP contribution in [-0.2, 0) is 11.3 Å². The van der Waals surface area contributed by atoms with E-state index < -0.39 is 5.97 Å². The molecule has 4 nitrogen and oxygen atoms in total. The first kappa shape index (κ1) is 13.4. The lowest BCUT2D eigenvalue weighted by Gasteiger charge is -2.08. The summed E-state index contributed by atoms with van der Waals surface area (Å²) in [5.74, 6) is 0.292. The van der Waals surface area contributed by atoms with Crippen molar-refractivity contribution in [2.75, 3.05) is 7.11 Å². The molecule has 0 saturated heterocycles. The van der Waals surface area contributed by atoms with Crippen molar-refractivity contribution in [2.45, 2.75) is 33.2 Å². The number of carbonyl (C=O) groups is 1. The Hall–Kier alpha value is -1.55. The minimum atomic E-state index is -0.458. The molecule has 0 radical (unpaired) electrons. The highest BCUT2D eigenvalue weighted by Gasteiger charge is 2.25. The molecule has 0 bridgehead atoms. The third-order valence-electron chi connectivity index (χ3n) is 4.10. The summed E-state index contributed by atoms with van der Waals surface area (Å²) in [6.07, 6.45) is 2.56. The monoisotopic (exact) mass is 292 g/mol. The summed E-state index contributed by atoms with van der Waals surface area (Å²) in [5.41, 5.74) is 3.53. The average molecular weight is 293 g/mol. The van der Waals surface area contributed by atoms with Crippen LogP contribution < -0.4 is 0 Å². The van der Waals surface area contributed by atoms with Gasteiger partial charge in [-0.15, -0.1) is 0 Å². The summed E-state index contributed by atoms with van der Waals surface area (Å²) >= 11 is 6.32. The third-order valence-corrected chi connectivity index (χ3v) is 4.37. The second-order valence-electron chi connectivity index (χ2n) is 5.45. The zero-order valence-electron chi connectivity index (χ0n) is 11.9. The van der Waals surface area contributed by atoms with Crippen LogP contribution in [0, 0.1) is 19.8 Å². The van der Waals surface area contributed by atoms with E-state index >= 15 is 0 Å². The summed E-state index contributed by atoms with van der Waals surface area (Å²) in [6.45, 7) is 5.12. The maximum atomic E-state index is 11.6. The Labute approximate surface area is 122 Å². The number of ether oxygens (including phenoxy) is 1. The number of hydrogen-bond acceptors (Lipinski definition) is 3. The molecule has 1 saturated carbocycles. The second kappa shape index (κ2) is 4.77. The zero-order valence-corrected chi connectivity index (χ0v) is 12.6. The minimum Gasteiger partial charge on any atom is -0.464 e. The van der Waals surface area contributed by atoms with Gasteiger partial charge in [-0.3, -0.25) is 0 Å². The lowest BCUT2D eigenvalue weighted by Crippen LogP contribution is -2.06. The van der Waals surface area contributed by atoms with Gasteiger partial charge >= 0.3 is 5.97 Å². The summed E-state index contributed by atoms with van der Waals surface area (Å²) in [7, 11) is 1.35. The van der Waals surface area contributed by atoms with Crippen LogP contribution >= 0.6 is 11.6 Å². The van der Waals surface area contributed by atoms with Crippen LogP contribution in [0.4, 0.5) is 0 Å². The van der Waals surface area contributed by atoms with Gasteiger partial charge in [0.05, 0.1) is 12.6 Å². The van der Waals surface area contributed by atoms with Gasteiger partial charge in [-0.2, -0.15) is 0 Å². The number of aryl methyl sites for hydroxylation is 1. The summed E-state index contributed by atoms with van der Waals surface area (Å²) in [5, 5.41) is 1.36. The third kappa shape index (κ3) is 2.08. The van der Waals surface area contributed by atoms with Gasteiger partial charge in [0.2, 0.25) is 0 Å². The van der Waals surface area contributed by atoms with Crippen LogP contribution in [0.2, 0.25) is 5.15 Å². The van der Waals surface area contributed by atoms with Crippen molar-refractivity contribution in [3.8, 4) is 0 Å². The first-order chi connectivity index (χ1) is 9.52. The summed E-state index contributed by atoms with van der Waals surface area (Å²) in [6, 6.07) is 1.78. The molecule has 1 fully saturated rings. The largest absolute Gasteiger partial charge is 0.464 e. The molecule has 1 aliphatic carbocycles. The normalized spacial score (nSPS) is 14.8. The molecule has 3 rings (SSSR count). The molecular weight excluding hydrogens is 276 g/mol. The number of fused-ring (bicyclic) bond motifs is 1. The molecule has 2 aromatic rings. The van der Waals surface area contributed by atoms with Gasteiger partial charge in [-0.05, 0) is 44.2 Å². The Balaban J connectivity index is 2.21. The molecular formula is C15H17ClN2O2. The van der Waals surface area contributed by atoms with Crippen molar-refractivity contribution in [3.63, 3.8) is 0 Å². The molecule has 0 spiro atoms. The Bertz CT molecular complexity index is 702. The predicted molar refractivity (Wildman–Crippen MR) is 78.3 cm³/mol. The molecule has 1 aliphatic rings. The number of esters is 1. The quantitative estimate of drug-likeness (QED) is 0.642. The second-order valence-corrected chi connectivity index (χ2v) is 5.81. The maximum Gasteiger partial charge on any atom is 0.356 e. The molecule has 5 heteroatoms. The fourth-order valence-electron chi connectivity index (χ4n) is 2.61. The molecule has 20 heavy (non-hydrogen) atoms. The Morgan fingerprint density at radius 2 is 2.20 bits per heavy atom. The number of rotatable bonds is 3. The van der Waals surface area contributed by atoms with Crippen molar-refractivity contribution in [1.82, 2.24) is 9.55 Å². The van der Waals surface area contributed by atoms with Gasteiger partial charge in [-0.25, -0.2) is 9.78 Å². The summed E-state index contributed by atoms with van der Waals surface area (Å²) < 4.78 is 6.96. The van der Waals surface area contributed by atoms with Gasteiger partial charge < -0.3 is 9.30 Å². The standard InChI is InChI=1S/C15H17ClN2O2/c1-8-9(2)18(7-10-4-5-10)13-11(8)6-12(15(19)20-3)17-14(13)16/h6,10H,4-5,7H2,1-3H3. The van der Waals surface area contributed by atoms with Crippen LogP contribution in [0.5, 0.6) is 0 Å². The molecule has 2 aromatic heterocycles. The van der Waals surface area contributed by atoms with Crippen molar-refractivity contribution >= 4 is 28.5 Å². The first-order valence-corrected chi connectivity index (χ1v) is 7.15. The first-order valence-electron chi connectivity index (χ1n) is 6.77. The van der Waals surface area contributed by atoms with Gasteiger partial charge in [0.15, 0.2) is 10.8 Å². The molecule has 0 amide bonds. The number of hydrogen-bond donors (Lipinski definition) is 0. The molecule has 0 unspecified atom stereocenters. The van der Waals surface area contributed by atoms with Crippen LogP contribution in [0.25, 0.3) is 10.9 Å². The van der Waals surface area contributed by atoms with Crippen molar-refractivity contribution in [2.24, 2.45) is 5.92 Å². The fourth-order valence-corrected chi connectivity index (χ4v) is 2.91. The minimum absolute atomic E-state index is 0.261. The fraction of sp³-hybridized carbons (Fsp3) is 0.467. The Morgan fingerprint density at radius 1 is 1.50 bits per heavy atom. The number of halogens is 1. The number of methoxy groups -OCH3 is 1. The van der Waals surface area contributed by atoms with Crippen LogP contribution in [0.15, 0.2) is 6.07 Å². The summed E-state index contributed by atoms with van der Waals surface area (Å²) in [4.78, 5) is 15.8. The van der Waals surface area contributed by atoms with E-state index in [2.05, 4.69) is 23.4 Å². The van der Waals surface area contributed by atoms with E-state index in [-0.39, 0.29) is 5.69 Å². The highest BCUT2D eigenvalue weighted by Crippen LogP contribution is 2.36. The van der Waals surface area contributed by atoms with E-state index in [0.29, 0.717) is 5.15 Å².